The van der Waals surface area contributed by atoms with Crippen molar-refractivity contribution in [2.24, 2.45) is 5.92 Å². The first kappa shape index (κ1) is 15.4. The normalized spacial score (nSPS) is 30.6. The molecule has 126 valence electrons. The van der Waals surface area contributed by atoms with Gasteiger partial charge in [-0.25, -0.2) is 9.78 Å². The Morgan fingerprint density at radius 3 is 2.70 bits per heavy atom. The van der Waals surface area contributed by atoms with E-state index in [9.17, 15) is 4.79 Å². The van der Waals surface area contributed by atoms with Gasteiger partial charge in [-0.3, -0.25) is 0 Å². The lowest BCUT2D eigenvalue weighted by atomic mass is 9.73. The van der Waals surface area contributed by atoms with Crippen molar-refractivity contribution in [3.63, 3.8) is 0 Å². The Kier molecular flexibility index (Phi) is 3.63. The van der Waals surface area contributed by atoms with Crippen LogP contribution in [-0.4, -0.2) is 38.5 Å². The lowest BCUT2D eigenvalue weighted by Gasteiger charge is -2.49. The molecule has 0 spiro atoms. The summed E-state index contributed by atoms with van der Waals surface area (Å²) in [7, 11) is 0. The lowest BCUT2D eigenvalue weighted by Crippen LogP contribution is -2.55. The molecule has 4 fully saturated rings. The largest absolute Gasteiger partial charge is 0.444 e. The Hall–Kier alpha value is -1.17. The van der Waals surface area contributed by atoms with Gasteiger partial charge in [-0.1, -0.05) is 0 Å². The van der Waals surface area contributed by atoms with Gasteiger partial charge in [0.15, 0.2) is 0 Å². The molecule has 5 nitrogen and oxygen atoms in total. The van der Waals surface area contributed by atoms with Crippen molar-refractivity contribution in [1.82, 2.24) is 14.3 Å². The maximum atomic E-state index is 12.6. The molecule has 5 rings (SSSR count). The molecule has 2 saturated carbocycles. The molecule has 1 amide bonds. The van der Waals surface area contributed by atoms with Crippen molar-refractivity contribution in [1.29, 1.82) is 0 Å². The van der Waals surface area contributed by atoms with Gasteiger partial charge in [0, 0.05) is 24.4 Å². The molecule has 1 aromatic rings. The van der Waals surface area contributed by atoms with Gasteiger partial charge >= 0.3 is 6.09 Å². The van der Waals surface area contributed by atoms with Crippen LogP contribution in [0.1, 0.15) is 75.5 Å². The number of hydrogen-bond acceptors (Lipinski definition) is 5. The Balaban J connectivity index is 1.53. The second-order valence-corrected chi connectivity index (χ2v) is 9.03. The van der Waals surface area contributed by atoms with E-state index in [-0.39, 0.29) is 12.1 Å². The molecule has 3 atom stereocenters. The van der Waals surface area contributed by atoms with E-state index in [0.717, 1.165) is 30.2 Å². The minimum Gasteiger partial charge on any atom is -0.444 e. The molecule has 2 aliphatic heterocycles. The van der Waals surface area contributed by atoms with E-state index >= 15 is 0 Å². The maximum Gasteiger partial charge on any atom is 0.410 e. The second kappa shape index (κ2) is 5.43. The predicted octanol–water partition coefficient (Wildman–Crippen LogP) is 3.92. The first-order chi connectivity index (χ1) is 10.9. The third-order valence-electron chi connectivity index (χ3n) is 5.12. The highest BCUT2D eigenvalue weighted by Gasteiger charge is 2.46. The first-order valence-electron chi connectivity index (χ1n) is 8.74. The quantitative estimate of drug-likeness (QED) is 0.822. The van der Waals surface area contributed by atoms with E-state index in [0.29, 0.717) is 17.8 Å². The summed E-state index contributed by atoms with van der Waals surface area (Å²) in [5.41, 5.74) is -0.439. The van der Waals surface area contributed by atoms with Crippen molar-refractivity contribution in [2.75, 3.05) is 6.54 Å². The van der Waals surface area contributed by atoms with Gasteiger partial charge in [-0.15, -0.1) is 0 Å². The highest BCUT2D eigenvalue weighted by Crippen LogP contribution is 2.46. The Bertz CT molecular complexity index is 605. The number of nitrogens with zero attached hydrogens (tertiary/aromatic N) is 3. The molecular formula is C17H25N3O2S. The second-order valence-electron chi connectivity index (χ2n) is 8.25. The summed E-state index contributed by atoms with van der Waals surface area (Å²) in [6, 6.07) is 0.231. The monoisotopic (exact) mass is 335 g/mol. The summed E-state index contributed by atoms with van der Waals surface area (Å²) in [5, 5.41) is 1.13. The van der Waals surface area contributed by atoms with Gasteiger partial charge in [0.1, 0.15) is 16.4 Å². The number of carbonyl (C=O) groups excluding carboxylic acids is 1. The zero-order valence-electron chi connectivity index (χ0n) is 14.1. The molecule has 0 N–H and O–H groups in total. The van der Waals surface area contributed by atoms with Gasteiger partial charge in [0.05, 0.1) is 0 Å². The lowest BCUT2D eigenvalue weighted by molar-refractivity contribution is -0.0192. The molecule has 2 saturated heterocycles. The molecule has 1 aromatic heterocycles. The fraction of sp³-hybridized carbons (Fsp3) is 0.824. The number of amides is 1. The van der Waals surface area contributed by atoms with Crippen molar-refractivity contribution < 1.29 is 9.53 Å². The van der Waals surface area contributed by atoms with Gasteiger partial charge < -0.3 is 9.64 Å². The number of hydrogen-bond donors (Lipinski definition) is 0. The van der Waals surface area contributed by atoms with Gasteiger partial charge in [-0.05, 0) is 70.3 Å². The molecule has 3 unspecified atom stereocenters. The molecule has 2 aliphatic carbocycles. The average Bonchev–Trinajstić information content (AvgIpc) is 3.23. The van der Waals surface area contributed by atoms with Crippen molar-refractivity contribution >= 4 is 17.6 Å². The number of piperidine rings is 2. The Morgan fingerprint density at radius 1 is 1.26 bits per heavy atom. The van der Waals surface area contributed by atoms with Crippen LogP contribution in [0.5, 0.6) is 0 Å². The van der Waals surface area contributed by atoms with Gasteiger partial charge in [-0.2, -0.15) is 4.37 Å². The average molecular weight is 335 g/mol. The van der Waals surface area contributed by atoms with E-state index in [1.807, 2.05) is 25.7 Å². The van der Waals surface area contributed by atoms with Crippen LogP contribution in [0, 0.1) is 5.92 Å². The third kappa shape index (κ3) is 3.10. The van der Waals surface area contributed by atoms with Crippen LogP contribution in [0.4, 0.5) is 4.79 Å². The number of carbonyl (C=O) groups is 1. The minimum absolute atomic E-state index is 0.163. The number of fused-ring (bicyclic) bond motifs is 3. The molecule has 4 aliphatic rings. The molecule has 23 heavy (non-hydrogen) atoms. The van der Waals surface area contributed by atoms with E-state index in [1.54, 1.807) is 11.5 Å². The highest BCUT2D eigenvalue weighted by atomic mass is 32.1. The summed E-state index contributed by atoms with van der Waals surface area (Å²) >= 11 is 1.55. The van der Waals surface area contributed by atoms with Crippen LogP contribution in [0.25, 0.3) is 0 Å². The van der Waals surface area contributed by atoms with E-state index in [1.165, 1.54) is 19.3 Å². The summed E-state index contributed by atoms with van der Waals surface area (Å²) in [5.74, 6) is 2.56. The van der Waals surface area contributed by atoms with E-state index < -0.39 is 5.60 Å². The Morgan fingerprint density at radius 2 is 2.04 bits per heavy atom. The molecule has 0 aromatic carbocycles. The van der Waals surface area contributed by atoms with Crippen LogP contribution in [-0.2, 0) is 4.74 Å². The fourth-order valence-electron chi connectivity index (χ4n) is 3.90. The predicted molar refractivity (Wildman–Crippen MR) is 88.7 cm³/mol. The minimum atomic E-state index is -0.439. The molecule has 2 bridgehead atoms. The van der Waals surface area contributed by atoms with Crippen LogP contribution >= 0.6 is 11.5 Å². The number of aromatic nitrogens is 2. The standard InChI is InChI=1S/C17H25N3O2S/c1-17(2,3)22-16(21)20-9-10-4-7-13(20)12(8-10)15-18-14(19-23-15)11-5-6-11/h10-13H,4-9H2,1-3H3. The van der Waals surface area contributed by atoms with E-state index in [2.05, 4.69) is 4.37 Å². The topological polar surface area (TPSA) is 55.3 Å². The van der Waals surface area contributed by atoms with Crippen LogP contribution in [0.3, 0.4) is 0 Å². The molecule has 6 heteroatoms. The van der Waals surface area contributed by atoms with Crippen LogP contribution in [0.15, 0.2) is 0 Å². The van der Waals surface area contributed by atoms with Gasteiger partial charge in [0.25, 0.3) is 0 Å². The molecular weight excluding hydrogens is 310 g/mol. The summed E-state index contributed by atoms with van der Waals surface area (Å²) in [6.45, 7) is 6.62. The smallest absolute Gasteiger partial charge is 0.410 e. The maximum absolute atomic E-state index is 12.6. The summed E-state index contributed by atoms with van der Waals surface area (Å²) in [6.07, 6.45) is 5.72. The fourth-order valence-corrected chi connectivity index (χ4v) is 4.80. The van der Waals surface area contributed by atoms with Crippen molar-refractivity contribution in [3.05, 3.63) is 10.8 Å². The third-order valence-corrected chi connectivity index (χ3v) is 5.98. The zero-order chi connectivity index (χ0) is 16.2. The van der Waals surface area contributed by atoms with Crippen molar-refractivity contribution in [3.8, 4) is 0 Å². The first-order valence-corrected chi connectivity index (χ1v) is 9.51. The molecule has 3 heterocycles. The SMILES string of the molecule is CC(C)(C)OC(=O)N1CC2CCC1C(c1nc(C3CC3)ns1)C2. The zero-order valence-corrected chi connectivity index (χ0v) is 14.9. The Labute approximate surface area is 141 Å². The van der Waals surface area contributed by atoms with Crippen LogP contribution < -0.4 is 0 Å². The molecule has 0 radical (unpaired) electrons. The summed E-state index contributed by atoms with van der Waals surface area (Å²) in [4.78, 5) is 19.4. The van der Waals surface area contributed by atoms with Crippen molar-refractivity contribution in [2.45, 2.75) is 76.4 Å². The summed E-state index contributed by atoms with van der Waals surface area (Å²) < 4.78 is 10.2. The van der Waals surface area contributed by atoms with Crippen LogP contribution in [0.2, 0.25) is 0 Å². The number of rotatable bonds is 2. The van der Waals surface area contributed by atoms with Gasteiger partial charge in [0.2, 0.25) is 0 Å². The highest BCUT2D eigenvalue weighted by molar-refractivity contribution is 7.05. The number of ether oxygens (including phenoxy) is 1. The van der Waals surface area contributed by atoms with E-state index in [4.69, 9.17) is 9.72 Å².